The molecule has 0 spiro atoms. The van der Waals surface area contributed by atoms with E-state index >= 15 is 0 Å². The van der Waals surface area contributed by atoms with Crippen LogP contribution in [0.25, 0.3) is 16.1 Å². The summed E-state index contributed by atoms with van der Waals surface area (Å²) in [5.74, 6) is 0.904. The predicted molar refractivity (Wildman–Crippen MR) is 93.3 cm³/mol. The van der Waals surface area contributed by atoms with E-state index in [2.05, 4.69) is 20.3 Å². The van der Waals surface area contributed by atoms with Crippen LogP contribution in [0.5, 0.6) is 0 Å². The first kappa shape index (κ1) is 15.6. The number of Topliss-reactive ketones (excluding diaryl/α,β-unsaturated/α-hetero) is 1. The van der Waals surface area contributed by atoms with Gasteiger partial charge in [-0.25, -0.2) is 9.50 Å². The Hall–Kier alpha value is -2.25. The number of anilines is 1. The van der Waals surface area contributed by atoms with Crippen molar-refractivity contribution in [3.8, 4) is 10.4 Å². The Kier molecular flexibility index (Phi) is 4.40. The second kappa shape index (κ2) is 6.47. The summed E-state index contributed by atoms with van der Waals surface area (Å²) in [7, 11) is 4.08. The molecular formula is C16H19N5OS. The van der Waals surface area contributed by atoms with Crippen molar-refractivity contribution in [1.29, 1.82) is 0 Å². The highest BCUT2D eigenvalue weighted by Crippen LogP contribution is 2.31. The van der Waals surface area contributed by atoms with Crippen molar-refractivity contribution in [2.75, 3.05) is 32.5 Å². The Morgan fingerprint density at radius 3 is 2.87 bits per heavy atom. The van der Waals surface area contributed by atoms with Crippen molar-refractivity contribution in [1.82, 2.24) is 19.5 Å². The molecule has 0 amide bonds. The van der Waals surface area contributed by atoms with E-state index in [1.807, 2.05) is 38.5 Å². The zero-order valence-electron chi connectivity index (χ0n) is 13.4. The molecule has 1 N–H and O–H groups in total. The summed E-state index contributed by atoms with van der Waals surface area (Å²) in [5.41, 5.74) is 1.73. The van der Waals surface area contributed by atoms with Crippen LogP contribution < -0.4 is 5.32 Å². The lowest BCUT2D eigenvalue weighted by molar-refractivity contribution is 0.102. The van der Waals surface area contributed by atoms with E-state index in [4.69, 9.17) is 0 Å². The number of nitrogens with one attached hydrogen (secondary N) is 1. The van der Waals surface area contributed by atoms with E-state index in [1.165, 1.54) is 11.3 Å². The number of hydrogen-bond acceptors (Lipinski definition) is 6. The Labute approximate surface area is 138 Å². The first-order valence-corrected chi connectivity index (χ1v) is 8.20. The van der Waals surface area contributed by atoms with Gasteiger partial charge in [0.1, 0.15) is 5.82 Å². The van der Waals surface area contributed by atoms with Gasteiger partial charge in [0.25, 0.3) is 0 Å². The van der Waals surface area contributed by atoms with Gasteiger partial charge >= 0.3 is 0 Å². The molecule has 0 saturated carbocycles. The highest BCUT2D eigenvalue weighted by atomic mass is 32.1. The number of fused-ring (bicyclic) bond motifs is 1. The average Bonchev–Trinajstić information content (AvgIpc) is 3.12. The van der Waals surface area contributed by atoms with Crippen LogP contribution >= 0.6 is 11.3 Å². The molecule has 6 nitrogen and oxygen atoms in total. The van der Waals surface area contributed by atoms with Crippen LogP contribution in [0.2, 0.25) is 0 Å². The number of nitrogens with zero attached hydrogens (tertiary/aromatic N) is 4. The lowest BCUT2D eigenvalue weighted by Crippen LogP contribution is -2.21. The van der Waals surface area contributed by atoms with Crippen molar-refractivity contribution in [2.24, 2.45) is 0 Å². The minimum atomic E-state index is 0.0803. The Morgan fingerprint density at radius 1 is 1.35 bits per heavy atom. The molecule has 0 bridgehead atoms. The number of likely N-dealkylation sites (N-methyl/N-ethyl adjacent to an activating group) is 1. The first-order valence-electron chi connectivity index (χ1n) is 7.39. The van der Waals surface area contributed by atoms with Gasteiger partial charge in [-0.2, -0.15) is 5.10 Å². The van der Waals surface area contributed by atoms with Crippen molar-refractivity contribution in [2.45, 2.75) is 6.92 Å². The molecule has 120 valence electrons. The smallest absolute Gasteiger partial charge is 0.169 e. The molecule has 23 heavy (non-hydrogen) atoms. The zero-order valence-corrected chi connectivity index (χ0v) is 14.2. The summed E-state index contributed by atoms with van der Waals surface area (Å²) in [4.78, 5) is 20.0. The molecule has 3 aromatic rings. The van der Waals surface area contributed by atoms with E-state index in [0.717, 1.165) is 39.9 Å². The van der Waals surface area contributed by atoms with Gasteiger partial charge in [-0.3, -0.25) is 4.79 Å². The van der Waals surface area contributed by atoms with Crippen molar-refractivity contribution in [3.05, 3.63) is 35.5 Å². The number of carbonyl (C=O) groups is 1. The Morgan fingerprint density at radius 2 is 2.17 bits per heavy atom. The molecule has 0 aliphatic heterocycles. The minimum Gasteiger partial charge on any atom is -0.369 e. The third-order valence-corrected chi connectivity index (χ3v) is 4.67. The van der Waals surface area contributed by atoms with E-state index in [1.54, 1.807) is 17.6 Å². The van der Waals surface area contributed by atoms with Gasteiger partial charge in [-0.1, -0.05) is 0 Å². The standard InChI is InChI=1S/C16H19N5OS/c1-11(22)13-4-5-14(23-13)12-10-18-21-8-6-15(19-16(12)21)17-7-9-20(2)3/h4-6,8,10H,7,9H2,1-3H3,(H,17,19). The van der Waals surface area contributed by atoms with Crippen LogP contribution in [0.4, 0.5) is 5.82 Å². The molecule has 3 rings (SSSR count). The van der Waals surface area contributed by atoms with E-state index < -0.39 is 0 Å². The summed E-state index contributed by atoms with van der Waals surface area (Å²) in [6.45, 7) is 3.34. The molecule has 0 aromatic carbocycles. The SMILES string of the molecule is CC(=O)c1ccc(-c2cnn3ccc(NCCN(C)C)nc23)s1. The Balaban J connectivity index is 1.90. The fraction of sp³-hybridized carbons (Fsp3) is 0.312. The Bertz CT molecular complexity index is 836. The first-order chi connectivity index (χ1) is 11.0. The van der Waals surface area contributed by atoms with E-state index in [-0.39, 0.29) is 5.78 Å². The number of ketones is 1. The van der Waals surface area contributed by atoms with Crippen LogP contribution in [0, 0.1) is 0 Å². The van der Waals surface area contributed by atoms with Crippen LogP contribution in [-0.4, -0.2) is 52.5 Å². The highest BCUT2D eigenvalue weighted by molar-refractivity contribution is 7.17. The third kappa shape index (κ3) is 3.40. The lowest BCUT2D eigenvalue weighted by atomic mass is 10.2. The molecule has 0 aliphatic carbocycles. The maximum absolute atomic E-state index is 11.5. The monoisotopic (exact) mass is 329 g/mol. The maximum Gasteiger partial charge on any atom is 0.169 e. The summed E-state index contributed by atoms with van der Waals surface area (Å²) >= 11 is 1.47. The van der Waals surface area contributed by atoms with Crippen molar-refractivity contribution in [3.63, 3.8) is 0 Å². The van der Waals surface area contributed by atoms with Crippen molar-refractivity contribution < 1.29 is 4.79 Å². The molecule has 0 radical (unpaired) electrons. The van der Waals surface area contributed by atoms with Gasteiger partial charge in [-0.05, 0) is 39.2 Å². The number of aromatic nitrogens is 3. The molecule has 0 aliphatic rings. The fourth-order valence-corrected chi connectivity index (χ4v) is 3.13. The number of thiophene rings is 1. The third-order valence-electron chi connectivity index (χ3n) is 3.45. The van der Waals surface area contributed by atoms with E-state index in [9.17, 15) is 4.79 Å². The fourth-order valence-electron chi connectivity index (χ4n) is 2.22. The molecule has 3 aromatic heterocycles. The second-order valence-corrected chi connectivity index (χ2v) is 6.67. The predicted octanol–water partition coefficient (Wildman–Crippen LogP) is 2.63. The van der Waals surface area contributed by atoms with Gasteiger partial charge < -0.3 is 10.2 Å². The quantitative estimate of drug-likeness (QED) is 0.704. The molecule has 3 heterocycles. The average molecular weight is 329 g/mol. The summed E-state index contributed by atoms with van der Waals surface area (Å²) < 4.78 is 1.75. The number of rotatable bonds is 6. The van der Waals surface area contributed by atoms with Gasteiger partial charge in [0.2, 0.25) is 0 Å². The van der Waals surface area contributed by atoms with Crippen LogP contribution in [0.3, 0.4) is 0 Å². The molecule has 0 unspecified atom stereocenters. The van der Waals surface area contributed by atoms with Crippen LogP contribution in [0.15, 0.2) is 30.6 Å². The van der Waals surface area contributed by atoms with Crippen LogP contribution in [-0.2, 0) is 0 Å². The minimum absolute atomic E-state index is 0.0803. The lowest BCUT2D eigenvalue weighted by Gasteiger charge is -2.10. The van der Waals surface area contributed by atoms with Gasteiger partial charge in [-0.15, -0.1) is 11.3 Å². The maximum atomic E-state index is 11.5. The molecule has 0 fully saturated rings. The summed E-state index contributed by atoms with van der Waals surface area (Å²) in [6.07, 6.45) is 3.69. The second-order valence-electron chi connectivity index (χ2n) is 5.59. The molecule has 7 heteroatoms. The molecule has 0 atom stereocenters. The van der Waals surface area contributed by atoms with E-state index in [0.29, 0.717) is 0 Å². The molecular weight excluding hydrogens is 310 g/mol. The largest absolute Gasteiger partial charge is 0.369 e. The zero-order chi connectivity index (χ0) is 16.4. The van der Waals surface area contributed by atoms with Crippen molar-refractivity contribution >= 4 is 28.6 Å². The van der Waals surface area contributed by atoms with Gasteiger partial charge in [0, 0.05) is 24.2 Å². The highest BCUT2D eigenvalue weighted by Gasteiger charge is 2.12. The summed E-state index contributed by atoms with van der Waals surface area (Å²) in [5, 5.41) is 7.65. The normalized spacial score (nSPS) is 11.3. The number of hydrogen-bond donors (Lipinski definition) is 1. The van der Waals surface area contributed by atoms with Gasteiger partial charge in [0.15, 0.2) is 11.4 Å². The number of carbonyl (C=O) groups excluding carboxylic acids is 1. The molecule has 0 saturated heterocycles. The van der Waals surface area contributed by atoms with Crippen LogP contribution in [0.1, 0.15) is 16.6 Å². The summed E-state index contributed by atoms with van der Waals surface area (Å²) in [6, 6.07) is 5.71. The topological polar surface area (TPSA) is 62.5 Å². The van der Waals surface area contributed by atoms with Gasteiger partial charge in [0.05, 0.1) is 16.6 Å².